The van der Waals surface area contributed by atoms with Crippen molar-refractivity contribution in [1.29, 1.82) is 0 Å². The van der Waals surface area contributed by atoms with Gasteiger partial charge in [0.25, 0.3) is 10.1 Å². The molecule has 0 aromatic rings. The van der Waals surface area contributed by atoms with Gasteiger partial charge in [0.1, 0.15) is 5.88 Å². The molecule has 0 aliphatic carbocycles. The monoisotopic (exact) mass is 213 g/mol. The highest BCUT2D eigenvalue weighted by Gasteiger charge is 2.09. The summed E-state index contributed by atoms with van der Waals surface area (Å²) in [5.74, 6) is -0.363. The molecule has 0 spiro atoms. The molecule has 0 aromatic carbocycles. The standard InChI is InChI=1S/C6H15NO3S2/c1-3-4-6(11-2)7-5-12(8,9)10/h6-7H,3-5H2,1-2H3,(H,8,9,10). The van der Waals surface area contributed by atoms with Gasteiger partial charge in [-0.1, -0.05) is 13.3 Å². The summed E-state index contributed by atoms with van der Waals surface area (Å²) in [5.41, 5.74) is 0. The summed E-state index contributed by atoms with van der Waals surface area (Å²) >= 11 is 1.55. The van der Waals surface area contributed by atoms with Crippen LogP contribution in [-0.4, -0.2) is 30.5 Å². The smallest absolute Gasteiger partial charge is 0.278 e. The zero-order chi connectivity index (χ0) is 9.61. The van der Waals surface area contributed by atoms with Crippen molar-refractivity contribution in [1.82, 2.24) is 5.32 Å². The normalized spacial score (nSPS) is 14.6. The summed E-state index contributed by atoms with van der Waals surface area (Å²) in [6.07, 6.45) is 3.79. The van der Waals surface area contributed by atoms with Gasteiger partial charge in [0.05, 0.1) is 5.37 Å². The Hall–Kier alpha value is 0.220. The van der Waals surface area contributed by atoms with Gasteiger partial charge in [-0.2, -0.15) is 8.42 Å². The van der Waals surface area contributed by atoms with Crippen molar-refractivity contribution in [3.63, 3.8) is 0 Å². The van der Waals surface area contributed by atoms with Crippen molar-refractivity contribution in [3.05, 3.63) is 0 Å². The maximum atomic E-state index is 10.3. The molecule has 0 bridgehead atoms. The summed E-state index contributed by atoms with van der Waals surface area (Å²) in [5, 5.41) is 2.84. The fourth-order valence-electron chi connectivity index (χ4n) is 0.764. The van der Waals surface area contributed by atoms with Crippen LogP contribution in [0, 0.1) is 0 Å². The van der Waals surface area contributed by atoms with E-state index in [1.807, 2.05) is 13.2 Å². The predicted molar refractivity (Wildman–Crippen MR) is 51.8 cm³/mol. The summed E-state index contributed by atoms with van der Waals surface area (Å²) < 4.78 is 29.1. The van der Waals surface area contributed by atoms with Crippen molar-refractivity contribution >= 4 is 21.9 Å². The fourth-order valence-corrected chi connectivity index (χ4v) is 2.00. The molecule has 0 fully saturated rings. The minimum absolute atomic E-state index is 0.108. The molecule has 0 amide bonds. The highest BCUT2D eigenvalue weighted by molar-refractivity contribution is 7.99. The molecule has 0 heterocycles. The SMILES string of the molecule is CCCC(NCS(=O)(=O)O)SC. The van der Waals surface area contributed by atoms with Gasteiger partial charge < -0.3 is 0 Å². The predicted octanol–water partition coefficient (Wildman–Crippen LogP) is 0.911. The Morgan fingerprint density at radius 1 is 1.58 bits per heavy atom. The van der Waals surface area contributed by atoms with Gasteiger partial charge in [-0.15, -0.1) is 11.8 Å². The molecule has 0 aromatic heterocycles. The molecule has 0 radical (unpaired) electrons. The molecule has 1 atom stereocenters. The third kappa shape index (κ3) is 6.90. The van der Waals surface area contributed by atoms with Crippen LogP contribution in [0.3, 0.4) is 0 Å². The lowest BCUT2D eigenvalue weighted by Gasteiger charge is -2.13. The third-order valence-corrected chi connectivity index (χ3v) is 2.83. The molecule has 0 aliphatic heterocycles. The molecule has 4 nitrogen and oxygen atoms in total. The van der Waals surface area contributed by atoms with Gasteiger partial charge in [0, 0.05) is 0 Å². The van der Waals surface area contributed by atoms with E-state index in [9.17, 15) is 8.42 Å². The van der Waals surface area contributed by atoms with Gasteiger partial charge >= 0.3 is 0 Å². The number of rotatable bonds is 6. The average molecular weight is 213 g/mol. The van der Waals surface area contributed by atoms with Crippen LogP contribution in [-0.2, 0) is 10.1 Å². The van der Waals surface area contributed by atoms with E-state index in [1.165, 1.54) is 0 Å². The molecular weight excluding hydrogens is 198 g/mol. The first kappa shape index (κ1) is 12.2. The Morgan fingerprint density at radius 3 is 2.50 bits per heavy atom. The quantitative estimate of drug-likeness (QED) is 0.507. The highest BCUT2D eigenvalue weighted by Crippen LogP contribution is 2.09. The van der Waals surface area contributed by atoms with Gasteiger partial charge in [-0.3, -0.25) is 9.87 Å². The van der Waals surface area contributed by atoms with Crippen molar-refractivity contribution in [2.24, 2.45) is 0 Å². The van der Waals surface area contributed by atoms with Gasteiger partial charge in [-0.25, -0.2) is 0 Å². The maximum absolute atomic E-state index is 10.3. The minimum atomic E-state index is -3.87. The molecular formula is C6H15NO3S2. The van der Waals surface area contributed by atoms with E-state index >= 15 is 0 Å². The first-order valence-corrected chi connectivity index (χ1v) is 6.60. The van der Waals surface area contributed by atoms with Crippen LogP contribution in [0.5, 0.6) is 0 Å². The van der Waals surface area contributed by atoms with E-state index in [0.29, 0.717) is 0 Å². The second-order valence-corrected chi connectivity index (χ2v) is 4.94. The van der Waals surface area contributed by atoms with Crippen LogP contribution >= 0.6 is 11.8 Å². The summed E-state index contributed by atoms with van der Waals surface area (Å²) in [6, 6.07) is 0. The summed E-state index contributed by atoms with van der Waals surface area (Å²) in [7, 11) is -3.87. The first-order valence-electron chi connectivity index (χ1n) is 3.71. The van der Waals surface area contributed by atoms with Gasteiger partial charge in [-0.05, 0) is 12.7 Å². The van der Waals surface area contributed by atoms with Crippen LogP contribution in [0.2, 0.25) is 0 Å². The molecule has 1 unspecified atom stereocenters. The Bertz CT molecular complexity index is 203. The third-order valence-electron chi connectivity index (χ3n) is 1.33. The van der Waals surface area contributed by atoms with E-state index in [4.69, 9.17) is 4.55 Å². The molecule has 0 rings (SSSR count). The largest absolute Gasteiger partial charge is 0.290 e. The summed E-state index contributed by atoms with van der Waals surface area (Å²) in [6.45, 7) is 2.03. The summed E-state index contributed by atoms with van der Waals surface area (Å²) in [4.78, 5) is 0. The Labute approximate surface area is 77.9 Å². The van der Waals surface area contributed by atoms with E-state index in [2.05, 4.69) is 5.32 Å². The Balaban J connectivity index is 3.73. The fraction of sp³-hybridized carbons (Fsp3) is 1.00. The van der Waals surface area contributed by atoms with Crippen LogP contribution in [0.4, 0.5) is 0 Å². The van der Waals surface area contributed by atoms with Crippen molar-refractivity contribution in [3.8, 4) is 0 Å². The number of hydrogen-bond donors (Lipinski definition) is 2. The zero-order valence-electron chi connectivity index (χ0n) is 7.28. The molecule has 0 aliphatic rings. The number of nitrogens with one attached hydrogen (secondary N) is 1. The van der Waals surface area contributed by atoms with Gasteiger partial charge in [0.15, 0.2) is 0 Å². The van der Waals surface area contributed by atoms with E-state index in [1.54, 1.807) is 11.8 Å². The molecule has 12 heavy (non-hydrogen) atoms. The topological polar surface area (TPSA) is 66.4 Å². The lowest BCUT2D eigenvalue weighted by Crippen LogP contribution is -2.30. The van der Waals surface area contributed by atoms with Crippen molar-refractivity contribution in [2.75, 3.05) is 12.1 Å². The van der Waals surface area contributed by atoms with Crippen LogP contribution in [0.25, 0.3) is 0 Å². The van der Waals surface area contributed by atoms with E-state index < -0.39 is 10.1 Å². The van der Waals surface area contributed by atoms with E-state index in [0.717, 1.165) is 12.8 Å². The van der Waals surface area contributed by atoms with Gasteiger partial charge in [0.2, 0.25) is 0 Å². The first-order chi connectivity index (χ1) is 5.49. The van der Waals surface area contributed by atoms with Crippen molar-refractivity contribution in [2.45, 2.75) is 25.1 Å². The van der Waals surface area contributed by atoms with E-state index in [-0.39, 0.29) is 11.3 Å². The van der Waals surface area contributed by atoms with Crippen LogP contribution in [0.15, 0.2) is 0 Å². The van der Waals surface area contributed by atoms with Crippen LogP contribution < -0.4 is 5.32 Å². The molecule has 6 heteroatoms. The average Bonchev–Trinajstić information content (AvgIpc) is 1.96. The van der Waals surface area contributed by atoms with Crippen LogP contribution in [0.1, 0.15) is 19.8 Å². The second-order valence-electron chi connectivity index (χ2n) is 2.44. The number of thioether (sulfide) groups is 1. The lowest BCUT2D eigenvalue weighted by molar-refractivity contribution is 0.473. The second kappa shape index (κ2) is 5.80. The zero-order valence-corrected chi connectivity index (χ0v) is 8.91. The maximum Gasteiger partial charge on any atom is 0.278 e. The highest BCUT2D eigenvalue weighted by atomic mass is 32.2. The molecule has 74 valence electrons. The molecule has 0 saturated carbocycles. The Morgan fingerprint density at radius 2 is 2.17 bits per heavy atom. The molecule has 0 saturated heterocycles. The minimum Gasteiger partial charge on any atom is -0.290 e. The molecule has 2 N–H and O–H groups in total. The Kier molecular flexibility index (Phi) is 5.90. The van der Waals surface area contributed by atoms with Crippen molar-refractivity contribution < 1.29 is 13.0 Å². The number of hydrogen-bond acceptors (Lipinski definition) is 4. The lowest BCUT2D eigenvalue weighted by atomic mass is 10.3.